The van der Waals surface area contributed by atoms with Crippen molar-refractivity contribution in [1.29, 1.82) is 5.41 Å². The van der Waals surface area contributed by atoms with Gasteiger partial charge in [0.05, 0.1) is 0 Å². The molecule has 0 fully saturated rings. The zero-order valence-electron chi connectivity index (χ0n) is 3.69. The molecule has 0 aliphatic heterocycles. The normalized spacial score (nSPS) is 8.17. The molecule has 0 saturated carbocycles. The topological polar surface area (TPSA) is 49.9 Å². The molecule has 3 heteroatoms. The molecular weight excluding hydrogens is 143 g/mol. The van der Waals surface area contributed by atoms with Crippen LogP contribution in [0.1, 0.15) is 6.92 Å². The summed E-state index contributed by atoms with van der Waals surface area (Å²) in [5.41, 5.74) is 5.01. The van der Waals surface area contributed by atoms with E-state index in [0.29, 0.717) is 4.73 Å². The van der Waals surface area contributed by atoms with Crippen molar-refractivity contribution in [2.45, 2.75) is 12.2 Å². The number of nitrogens with one attached hydrogen (secondary N) is 1. The molecule has 0 spiro atoms. The first-order valence-corrected chi connectivity index (χ1v) is 3.81. The van der Waals surface area contributed by atoms with E-state index in [-0.39, 0.29) is 15.0 Å². The summed E-state index contributed by atoms with van der Waals surface area (Å²) in [5, 5.41) is 7.74. The standard InChI is InChI=1S/C3H8N2Se/c1-2-6-3(4)5/h2H2,1H3,(H3,4,5). The molecule has 0 aliphatic carbocycles. The molecule has 0 aliphatic rings. The number of amidine groups is 1. The number of rotatable bonds is 2. The Hall–Kier alpha value is -0.0105. The third-order valence-corrected chi connectivity index (χ3v) is 1.56. The molecule has 0 bridgehead atoms. The minimum absolute atomic E-state index is 0.278. The van der Waals surface area contributed by atoms with E-state index >= 15 is 0 Å². The Kier molecular flexibility index (Phi) is 3.18. The Labute approximate surface area is 43.8 Å². The molecule has 0 aromatic rings. The monoisotopic (exact) mass is 152 g/mol. The van der Waals surface area contributed by atoms with Crippen LogP contribution in [-0.4, -0.2) is 19.7 Å². The van der Waals surface area contributed by atoms with Gasteiger partial charge in [-0.15, -0.1) is 0 Å². The summed E-state index contributed by atoms with van der Waals surface area (Å²) >= 11 is 0.278. The van der Waals surface area contributed by atoms with Crippen LogP contribution in [-0.2, 0) is 0 Å². The van der Waals surface area contributed by atoms with Crippen molar-refractivity contribution < 1.29 is 0 Å². The van der Waals surface area contributed by atoms with Crippen molar-refractivity contribution in [2.75, 3.05) is 0 Å². The molecule has 0 aromatic heterocycles. The van der Waals surface area contributed by atoms with Gasteiger partial charge in [0.25, 0.3) is 0 Å². The fourth-order valence-electron chi connectivity index (χ4n) is 0.156. The second-order valence-corrected chi connectivity index (χ2v) is 3.54. The van der Waals surface area contributed by atoms with Crippen LogP contribution >= 0.6 is 0 Å². The molecule has 2 nitrogen and oxygen atoms in total. The van der Waals surface area contributed by atoms with Crippen LogP contribution < -0.4 is 5.73 Å². The van der Waals surface area contributed by atoms with Crippen LogP contribution in [0.25, 0.3) is 0 Å². The average molecular weight is 151 g/mol. The van der Waals surface area contributed by atoms with Gasteiger partial charge < -0.3 is 0 Å². The van der Waals surface area contributed by atoms with Gasteiger partial charge in [-0.05, 0) is 0 Å². The molecule has 6 heavy (non-hydrogen) atoms. The van der Waals surface area contributed by atoms with Gasteiger partial charge in [-0.25, -0.2) is 0 Å². The van der Waals surface area contributed by atoms with Crippen molar-refractivity contribution in [3.8, 4) is 0 Å². The maximum atomic E-state index is 6.70. The summed E-state index contributed by atoms with van der Waals surface area (Å²) in [6.45, 7) is 2.03. The Balaban J connectivity index is 2.83. The number of hydrogen-bond acceptors (Lipinski definition) is 1. The quantitative estimate of drug-likeness (QED) is 0.326. The molecule has 36 valence electrons. The van der Waals surface area contributed by atoms with Crippen molar-refractivity contribution in [3.63, 3.8) is 0 Å². The van der Waals surface area contributed by atoms with Gasteiger partial charge in [0, 0.05) is 0 Å². The van der Waals surface area contributed by atoms with Gasteiger partial charge in [-0.2, -0.15) is 0 Å². The van der Waals surface area contributed by atoms with E-state index in [1.165, 1.54) is 0 Å². The Morgan fingerprint density at radius 1 is 2.00 bits per heavy atom. The zero-order chi connectivity index (χ0) is 4.99. The second-order valence-electron chi connectivity index (χ2n) is 0.797. The molecule has 0 unspecified atom stereocenters. The van der Waals surface area contributed by atoms with Crippen molar-refractivity contribution in [3.05, 3.63) is 0 Å². The predicted octanol–water partition coefficient (Wildman–Crippen LogP) is 0.0223. The van der Waals surface area contributed by atoms with Crippen LogP contribution in [0.3, 0.4) is 0 Å². The second kappa shape index (κ2) is 3.19. The zero-order valence-corrected chi connectivity index (χ0v) is 5.41. The summed E-state index contributed by atoms with van der Waals surface area (Å²) < 4.78 is 0.352. The number of nitrogens with two attached hydrogens (primary N) is 1. The van der Waals surface area contributed by atoms with E-state index in [1.54, 1.807) is 0 Å². The average Bonchev–Trinajstić information content (AvgIpc) is 1.35. The minimum atomic E-state index is 0.278. The first kappa shape index (κ1) is 5.99. The van der Waals surface area contributed by atoms with Crippen LogP contribution in [0.15, 0.2) is 0 Å². The number of hydrogen-bond donors (Lipinski definition) is 2. The van der Waals surface area contributed by atoms with Crippen LogP contribution in [0.2, 0.25) is 5.32 Å². The molecule has 0 atom stereocenters. The van der Waals surface area contributed by atoms with E-state index in [0.717, 1.165) is 5.32 Å². The van der Waals surface area contributed by atoms with Crippen molar-refractivity contribution in [2.24, 2.45) is 5.73 Å². The van der Waals surface area contributed by atoms with Gasteiger partial charge in [0.15, 0.2) is 0 Å². The van der Waals surface area contributed by atoms with E-state index in [4.69, 9.17) is 11.1 Å². The summed E-state index contributed by atoms with van der Waals surface area (Å²) in [4.78, 5) is 0. The SMILES string of the molecule is CC[Se]C(=N)N. The molecular formula is C3H8N2Se. The van der Waals surface area contributed by atoms with Gasteiger partial charge in [-0.3, -0.25) is 0 Å². The van der Waals surface area contributed by atoms with E-state index in [1.807, 2.05) is 6.92 Å². The molecule has 0 saturated heterocycles. The first-order valence-electron chi connectivity index (χ1n) is 1.74. The molecule has 0 rings (SSSR count). The van der Waals surface area contributed by atoms with Crippen LogP contribution in [0.5, 0.6) is 0 Å². The Morgan fingerprint density at radius 2 is 2.50 bits per heavy atom. The molecule has 0 amide bonds. The van der Waals surface area contributed by atoms with Crippen LogP contribution in [0.4, 0.5) is 0 Å². The van der Waals surface area contributed by atoms with Gasteiger partial charge in [0.1, 0.15) is 0 Å². The fraction of sp³-hybridized carbons (Fsp3) is 0.667. The van der Waals surface area contributed by atoms with Crippen molar-refractivity contribution in [1.82, 2.24) is 0 Å². The Bertz CT molecular complexity index is 52.8. The van der Waals surface area contributed by atoms with Crippen LogP contribution in [0, 0.1) is 5.41 Å². The molecule has 0 aromatic carbocycles. The third kappa shape index (κ3) is 3.99. The fourth-order valence-corrected chi connectivity index (χ4v) is 0.808. The summed E-state index contributed by atoms with van der Waals surface area (Å²) in [6.07, 6.45) is 0. The molecule has 3 N–H and O–H groups in total. The van der Waals surface area contributed by atoms with Gasteiger partial charge in [-0.1, -0.05) is 0 Å². The first-order chi connectivity index (χ1) is 2.77. The summed E-state index contributed by atoms with van der Waals surface area (Å²) in [7, 11) is 0. The summed E-state index contributed by atoms with van der Waals surface area (Å²) in [6, 6.07) is 0. The third-order valence-electron chi connectivity index (χ3n) is 0.300. The van der Waals surface area contributed by atoms with E-state index in [2.05, 4.69) is 0 Å². The summed E-state index contributed by atoms with van der Waals surface area (Å²) in [5.74, 6) is 0. The maximum absolute atomic E-state index is 6.70. The van der Waals surface area contributed by atoms with Gasteiger partial charge >= 0.3 is 43.1 Å². The van der Waals surface area contributed by atoms with Gasteiger partial charge in [0.2, 0.25) is 0 Å². The van der Waals surface area contributed by atoms with E-state index in [9.17, 15) is 0 Å². The Morgan fingerprint density at radius 3 is 2.50 bits per heavy atom. The van der Waals surface area contributed by atoms with Crippen molar-refractivity contribution >= 4 is 19.7 Å². The molecule has 0 radical (unpaired) electrons. The van der Waals surface area contributed by atoms with E-state index < -0.39 is 0 Å². The molecule has 0 heterocycles. The predicted molar refractivity (Wildman–Crippen MR) is 28.1 cm³/mol.